The number of amides is 1. The van der Waals surface area contributed by atoms with Gasteiger partial charge < -0.3 is 16.8 Å². The summed E-state index contributed by atoms with van der Waals surface area (Å²) in [4.78, 5) is 10.2. The van der Waals surface area contributed by atoms with E-state index in [4.69, 9.17) is 11.5 Å². The molecule has 4 nitrogen and oxygen atoms in total. The lowest BCUT2D eigenvalue weighted by molar-refractivity contribution is -0.117. The van der Waals surface area contributed by atoms with Gasteiger partial charge in [0.1, 0.15) is 0 Å². The van der Waals surface area contributed by atoms with Gasteiger partial charge in [-0.15, -0.1) is 0 Å². The summed E-state index contributed by atoms with van der Waals surface area (Å²) in [6.45, 7) is 3.25. The number of hydrogen-bond acceptors (Lipinski definition) is 3. The molecule has 0 aromatic heterocycles. The molecular weight excluding hydrogens is 130 g/mol. The minimum atomic E-state index is -0.280. The molecule has 0 aromatic carbocycles. The highest BCUT2D eigenvalue weighted by molar-refractivity contribution is 5.73. The largest absolute Gasteiger partial charge is 0.370 e. The van der Waals surface area contributed by atoms with E-state index in [1.165, 1.54) is 0 Å². The minimum absolute atomic E-state index is 0.132. The van der Waals surface area contributed by atoms with Crippen molar-refractivity contribution in [1.82, 2.24) is 5.32 Å². The second-order valence-electron chi connectivity index (χ2n) is 2.40. The molecule has 0 spiro atoms. The van der Waals surface area contributed by atoms with E-state index in [-0.39, 0.29) is 11.9 Å². The molecule has 0 fully saturated rings. The van der Waals surface area contributed by atoms with Crippen LogP contribution in [0.25, 0.3) is 0 Å². The Balaban J connectivity index is 2.98. The zero-order valence-electron chi connectivity index (χ0n) is 6.26. The fraction of sp³-hybridized carbons (Fsp3) is 0.833. The third-order valence-corrected chi connectivity index (χ3v) is 1.01. The van der Waals surface area contributed by atoms with E-state index in [2.05, 4.69) is 5.32 Å². The summed E-state index contributed by atoms with van der Waals surface area (Å²) in [6.07, 6.45) is 0.382. The molecule has 0 aliphatic rings. The molecule has 0 heterocycles. The SMILES string of the molecule is CC(N)CNCCC(N)=O. The van der Waals surface area contributed by atoms with Gasteiger partial charge >= 0.3 is 0 Å². The lowest BCUT2D eigenvalue weighted by Crippen LogP contribution is -2.33. The van der Waals surface area contributed by atoms with E-state index in [1.54, 1.807) is 0 Å². The molecule has 60 valence electrons. The van der Waals surface area contributed by atoms with Gasteiger partial charge in [-0.25, -0.2) is 0 Å². The van der Waals surface area contributed by atoms with Crippen LogP contribution in [0.2, 0.25) is 0 Å². The third-order valence-electron chi connectivity index (χ3n) is 1.01. The molecule has 0 aromatic rings. The average Bonchev–Trinajstić information content (AvgIpc) is 1.79. The number of primary amides is 1. The first kappa shape index (κ1) is 9.39. The zero-order valence-corrected chi connectivity index (χ0v) is 6.26. The summed E-state index contributed by atoms with van der Waals surface area (Å²) < 4.78 is 0. The lowest BCUT2D eigenvalue weighted by atomic mass is 10.3. The van der Waals surface area contributed by atoms with Gasteiger partial charge in [0.2, 0.25) is 5.91 Å². The van der Waals surface area contributed by atoms with Crippen LogP contribution >= 0.6 is 0 Å². The Bertz CT molecular complexity index is 103. The Labute approximate surface area is 61.0 Å². The van der Waals surface area contributed by atoms with Crippen molar-refractivity contribution >= 4 is 5.91 Å². The van der Waals surface area contributed by atoms with Crippen LogP contribution in [-0.4, -0.2) is 25.0 Å². The summed E-state index contributed by atoms with van der Waals surface area (Å²) in [5, 5.41) is 2.99. The lowest BCUT2D eigenvalue weighted by Gasteiger charge is -2.04. The first-order valence-electron chi connectivity index (χ1n) is 3.37. The number of hydrogen-bond donors (Lipinski definition) is 3. The highest BCUT2D eigenvalue weighted by Crippen LogP contribution is 1.74. The van der Waals surface area contributed by atoms with Crippen LogP contribution in [0.4, 0.5) is 0 Å². The molecule has 0 saturated carbocycles. The molecule has 0 saturated heterocycles. The summed E-state index contributed by atoms with van der Waals surface area (Å²) in [5.74, 6) is -0.280. The predicted octanol–water partition coefficient (Wildman–Crippen LogP) is -1.20. The average molecular weight is 145 g/mol. The maximum absolute atomic E-state index is 10.2. The number of carbonyl (C=O) groups excluding carboxylic acids is 1. The summed E-state index contributed by atoms with van der Waals surface area (Å²) in [6, 6.07) is 0.132. The maximum atomic E-state index is 10.2. The molecule has 1 unspecified atom stereocenters. The van der Waals surface area contributed by atoms with E-state index in [0.29, 0.717) is 13.0 Å². The minimum Gasteiger partial charge on any atom is -0.370 e. The molecule has 0 radical (unpaired) electrons. The van der Waals surface area contributed by atoms with Crippen molar-refractivity contribution in [2.24, 2.45) is 11.5 Å². The van der Waals surface area contributed by atoms with Crippen molar-refractivity contribution in [3.05, 3.63) is 0 Å². The van der Waals surface area contributed by atoms with Crippen LogP contribution in [0.3, 0.4) is 0 Å². The van der Waals surface area contributed by atoms with Crippen LogP contribution in [0.1, 0.15) is 13.3 Å². The molecule has 1 amide bonds. The highest BCUT2D eigenvalue weighted by atomic mass is 16.1. The van der Waals surface area contributed by atoms with Gasteiger partial charge in [-0.05, 0) is 6.92 Å². The van der Waals surface area contributed by atoms with E-state index < -0.39 is 0 Å². The molecule has 0 aliphatic heterocycles. The van der Waals surface area contributed by atoms with Crippen LogP contribution in [0.15, 0.2) is 0 Å². The Kier molecular flexibility index (Phi) is 4.88. The fourth-order valence-electron chi connectivity index (χ4n) is 0.541. The van der Waals surface area contributed by atoms with Crippen LogP contribution in [-0.2, 0) is 4.79 Å². The van der Waals surface area contributed by atoms with Crippen LogP contribution in [0.5, 0.6) is 0 Å². The van der Waals surface area contributed by atoms with Crippen LogP contribution < -0.4 is 16.8 Å². The van der Waals surface area contributed by atoms with E-state index in [9.17, 15) is 4.79 Å². The van der Waals surface area contributed by atoms with Gasteiger partial charge in [-0.3, -0.25) is 4.79 Å². The number of rotatable bonds is 5. The second-order valence-corrected chi connectivity index (χ2v) is 2.40. The summed E-state index contributed by atoms with van der Waals surface area (Å²) >= 11 is 0. The van der Waals surface area contributed by atoms with E-state index in [0.717, 1.165) is 6.54 Å². The smallest absolute Gasteiger partial charge is 0.218 e. The maximum Gasteiger partial charge on any atom is 0.218 e. The first-order valence-corrected chi connectivity index (χ1v) is 3.37. The van der Waals surface area contributed by atoms with Gasteiger partial charge in [0.15, 0.2) is 0 Å². The summed E-state index contributed by atoms with van der Waals surface area (Å²) in [5.41, 5.74) is 10.3. The standard InChI is InChI=1S/C6H15N3O/c1-5(7)4-9-3-2-6(8)10/h5,9H,2-4,7H2,1H3,(H2,8,10). The normalized spacial score (nSPS) is 13.0. The molecule has 10 heavy (non-hydrogen) atoms. The van der Waals surface area contributed by atoms with Crippen molar-refractivity contribution in [2.45, 2.75) is 19.4 Å². The third kappa shape index (κ3) is 7.39. The van der Waals surface area contributed by atoms with Gasteiger partial charge in [-0.1, -0.05) is 0 Å². The van der Waals surface area contributed by atoms with Crippen LogP contribution in [0, 0.1) is 0 Å². The second kappa shape index (κ2) is 5.20. The summed E-state index contributed by atoms with van der Waals surface area (Å²) in [7, 11) is 0. The van der Waals surface area contributed by atoms with Gasteiger partial charge in [0.25, 0.3) is 0 Å². The van der Waals surface area contributed by atoms with Crippen molar-refractivity contribution in [3.8, 4) is 0 Å². The predicted molar refractivity (Wildman–Crippen MR) is 40.3 cm³/mol. The van der Waals surface area contributed by atoms with Crippen molar-refractivity contribution < 1.29 is 4.79 Å². The van der Waals surface area contributed by atoms with Gasteiger partial charge in [0.05, 0.1) is 0 Å². The fourth-order valence-corrected chi connectivity index (χ4v) is 0.541. The Hall–Kier alpha value is -0.610. The monoisotopic (exact) mass is 145 g/mol. The highest BCUT2D eigenvalue weighted by Gasteiger charge is 1.94. The number of nitrogens with two attached hydrogens (primary N) is 2. The Morgan fingerprint density at radius 3 is 2.70 bits per heavy atom. The molecule has 0 rings (SSSR count). The molecule has 1 atom stereocenters. The zero-order chi connectivity index (χ0) is 7.98. The van der Waals surface area contributed by atoms with Crippen molar-refractivity contribution in [2.75, 3.05) is 13.1 Å². The quantitative estimate of drug-likeness (QED) is 0.425. The molecule has 5 N–H and O–H groups in total. The van der Waals surface area contributed by atoms with Gasteiger partial charge in [0, 0.05) is 25.6 Å². The number of nitrogens with one attached hydrogen (secondary N) is 1. The molecular formula is C6H15N3O. The topological polar surface area (TPSA) is 81.1 Å². The molecule has 4 heteroatoms. The van der Waals surface area contributed by atoms with Crippen molar-refractivity contribution in [1.29, 1.82) is 0 Å². The Morgan fingerprint density at radius 2 is 2.30 bits per heavy atom. The molecule has 0 aliphatic carbocycles. The number of carbonyl (C=O) groups is 1. The van der Waals surface area contributed by atoms with Crippen molar-refractivity contribution in [3.63, 3.8) is 0 Å². The first-order chi connectivity index (χ1) is 4.63. The van der Waals surface area contributed by atoms with Gasteiger partial charge in [-0.2, -0.15) is 0 Å². The molecule has 0 bridgehead atoms. The van der Waals surface area contributed by atoms with E-state index in [1.807, 2.05) is 6.92 Å². The van der Waals surface area contributed by atoms with E-state index >= 15 is 0 Å². The Morgan fingerprint density at radius 1 is 1.70 bits per heavy atom.